The van der Waals surface area contributed by atoms with Gasteiger partial charge in [0.1, 0.15) is 0 Å². The van der Waals surface area contributed by atoms with Gasteiger partial charge in [0.15, 0.2) is 0 Å². The summed E-state index contributed by atoms with van der Waals surface area (Å²) in [6.45, 7) is 0. The summed E-state index contributed by atoms with van der Waals surface area (Å²) in [4.78, 5) is 23.9. The van der Waals surface area contributed by atoms with Gasteiger partial charge in [-0.1, -0.05) is 0 Å². The van der Waals surface area contributed by atoms with Gasteiger partial charge in [-0.3, -0.25) is 0 Å². The molecule has 4 fully saturated rings. The summed E-state index contributed by atoms with van der Waals surface area (Å²) in [5.41, 5.74) is -0.578. The number of carbonyl (C=O) groups excluding carboxylic acids is 2. The molecule has 4 nitrogen and oxygen atoms in total. The molecule has 0 aromatic carbocycles. The van der Waals surface area contributed by atoms with Crippen molar-refractivity contribution in [1.29, 1.82) is 0 Å². The average molecular weight is 339 g/mol. The topological polar surface area (TPSA) is 52.6 Å². The zero-order chi connectivity index (χ0) is 10.3. The number of esters is 2. The zero-order valence-corrected chi connectivity index (χ0v) is 10.7. The van der Waals surface area contributed by atoms with Gasteiger partial charge in [0.2, 0.25) is 0 Å². The van der Waals surface area contributed by atoms with Gasteiger partial charge in [0, 0.05) is 0 Å². The maximum atomic E-state index is 11.9. The van der Waals surface area contributed by atoms with E-state index in [4.69, 9.17) is 9.47 Å². The molecule has 4 heterocycles. The summed E-state index contributed by atoms with van der Waals surface area (Å²) in [5, 5.41) is 0. The molecule has 4 atom stereocenters. The molecule has 4 saturated heterocycles. The van der Waals surface area contributed by atoms with Crippen molar-refractivity contribution in [3.8, 4) is 0 Å². The molecule has 0 aromatic rings. The van der Waals surface area contributed by atoms with Crippen molar-refractivity contribution < 1.29 is 38.9 Å². The predicted molar refractivity (Wildman–Crippen MR) is 46.6 cm³/mol. The Morgan fingerprint density at radius 2 is 2.07 bits per heavy atom. The van der Waals surface area contributed by atoms with Crippen LogP contribution in [0.5, 0.6) is 0 Å². The molecule has 4 aliphatic heterocycles. The molecule has 0 N–H and O–H groups in total. The van der Waals surface area contributed by atoms with Gasteiger partial charge in [-0.05, 0) is 0 Å². The van der Waals surface area contributed by atoms with Crippen molar-refractivity contribution in [2.45, 2.75) is 28.5 Å². The Morgan fingerprint density at radius 3 is 2.87 bits per heavy atom. The van der Waals surface area contributed by atoms with Gasteiger partial charge in [0.05, 0.1) is 0 Å². The predicted octanol–water partition coefficient (Wildman–Crippen LogP) is -2.89. The Bertz CT molecular complexity index is 366. The van der Waals surface area contributed by atoms with E-state index in [1.165, 1.54) is 0 Å². The van der Waals surface area contributed by atoms with E-state index in [2.05, 4.69) is 0 Å². The third kappa shape index (κ3) is 0.717. The number of hydrogen-bond acceptors (Lipinski definition) is 5. The van der Waals surface area contributed by atoms with Crippen molar-refractivity contribution in [3.05, 3.63) is 0 Å². The Morgan fingerprint density at radius 1 is 1.27 bits per heavy atom. The first-order valence-electron chi connectivity index (χ1n) is 4.92. The summed E-state index contributed by atoms with van der Waals surface area (Å²) < 4.78 is 10.2. The standard InChI is InChI=1S/C9H8IO4S/c11-6-8-3-15-10-9(8,7(12)14-6)5-2-1-4(8)13-5/h4-5H,1-3H2/q-1/t4?,5?,8-,9?/m1/s1. The van der Waals surface area contributed by atoms with Gasteiger partial charge in [-0.25, -0.2) is 0 Å². The number of hydrogen-bond donors (Lipinski definition) is 0. The zero-order valence-electron chi connectivity index (χ0n) is 7.70. The first kappa shape index (κ1) is 9.23. The molecule has 82 valence electrons. The van der Waals surface area contributed by atoms with E-state index in [1.807, 2.05) is 0 Å². The van der Waals surface area contributed by atoms with Crippen LogP contribution in [0, 0.1) is 5.41 Å². The Kier molecular flexibility index (Phi) is 1.56. The molecule has 0 aromatic heterocycles. The van der Waals surface area contributed by atoms with Crippen LogP contribution >= 0.6 is 8.93 Å². The Balaban J connectivity index is 2.01. The van der Waals surface area contributed by atoms with Crippen LogP contribution in [0.15, 0.2) is 0 Å². The summed E-state index contributed by atoms with van der Waals surface area (Å²) >= 11 is -0.363. The van der Waals surface area contributed by atoms with E-state index in [0.29, 0.717) is 0 Å². The van der Waals surface area contributed by atoms with Crippen LogP contribution in [0.1, 0.15) is 12.8 Å². The molecule has 0 amide bonds. The van der Waals surface area contributed by atoms with Gasteiger partial charge < -0.3 is 0 Å². The Labute approximate surface area is 99.1 Å². The molecule has 0 saturated carbocycles. The van der Waals surface area contributed by atoms with E-state index >= 15 is 0 Å². The van der Waals surface area contributed by atoms with Crippen LogP contribution < -0.4 is 19.8 Å². The van der Waals surface area contributed by atoms with Crippen molar-refractivity contribution >= 4 is 20.9 Å². The molecular weight excluding hydrogens is 331 g/mol. The van der Waals surface area contributed by atoms with Crippen molar-refractivity contribution in [2.24, 2.45) is 5.41 Å². The minimum absolute atomic E-state index is 0.0238. The monoisotopic (exact) mass is 339 g/mol. The van der Waals surface area contributed by atoms with Crippen molar-refractivity contribution in [3.63, 3.8) is 0 Å². The van der Waals surface area contributed by atoms with Gasteiger partial charge >= 0.3 is 99.4 Å². The fourth-order valence-electron chi connectivity index (χ4n) is 3.26. The number of fused-ring (bicyclic) bond motifs is 2. The number of rotatable bonds is 0. The molecule has 6 heteroatoms. The van der Waals surface area contributed by atoms with Crippen LogP contribution in [0.25, 0.3) is 0 Å². The third-order valence-electron chi connectivity index (χ3n) is 3.97. The molecule has 15 heavy (non-hydrogen) atoms. The second-order valence-corrected chi connectivity index (χ2v) is 9.93. The minimum atomic E-state index is -0.578. The molecule has 4 rings (SSSR count). The number of alkyl halides is 1. The average Bonchev–Trinajstić information content (AvgIpc) is 2.89. The number of cyclic esters (lactones) is 2. The number of ether oxygens (including phenoxy) is 2. The van der Waals surface area contributed by atoms with E-state index in [1.54, 1.807) is 8.93 Å². The molecule has 4 aliphatic rings. The van der Waals surface area contributed by atoms with E-state index < -0.39 is 8.84 Å². The fraction of sp³-hybridized carbons (Fsp3) is 0.778. The van der Waals surface area contributed by atoms with E-state index in [-0.39, 0.29) is 44.0 Å². The molecule has 0 aliphatic carbocycles. The Hall–Kier alpha value is 0.180. The van der Waals surface area contributed by atoms with E-state index in [0.717, 1.165) is 18.6 Å². The summed E-state index contributed by atoms with van der Waals surface area (Å²) in [6, 6.07) is 0. The molecule has 0 radical (unpaired) electrons. The van der Waals surface area contributed by atoms with Crippen LogP contribution in [0.3, 0.4) is 0 Å². The molecule has 0 spiro atoms. The van der Waals surface area contributed by atoms with Gasteiger partial charge in [-0.2, -0.15) is 0 Å². The van der Waals surface area contributed by atoms with Crippen LogP contribution in [0.4, 0.5) is 0 Å². The molecular formula is C9H8IO4S-. The van der Waals surface area contributed by atoms with Gasteiger partial charge in [0.25, 0.3) is 0 Å². The maximum absolute atomic E-state index is 11.9. The van der Waals surface area contributed by atoms with Crippen LogP contribution in [0.2, 0.25) is 0 Å². The summed E-state index contributed by atoms with van der Waals surface area (Å²) in [7, 11) is 1.80. The van der Waals surface area contributed by atoms with E-state index in [9.17, 15) is 9.59 Å². The second kappa shape index (κ2) is 2.53. The fourth-order valence-corrected chi connectivity index (χ4v) is 12.1. The van der Waals surface area contributed by atoms with Crippen molar-refractivity contribution in [1.82, 2.24) is 0 Å². The summed E-state index contributed by atoms with van der Waals surface area (Å²) in [6.07, 6.45) is 1.77. The second-order valence-electron chi connectivity index (χ2n) is 4.38. The third-order valence-corrected chi connectivity index (χ3v) is 10.9. The number of halogens is 1. The van der Waals surface area contributed by atoms with Gasteiger partial charge in [-0.15, -0.1) is 0 Å². The normalized spacial score (nSPS) is 56.3. The quantitative estimate of drug-likeness (QED) is 0.205. The first-order valence-corrected chi connectivity index (χ1v) is 9.52. The van der Waals surface area contributed by atoms with Crippen LogP contribution in [-0.2, 0) is 19.1 Å². The number of carbonyl (C=O) groups is 2. The SMILES string of the molecule is O=C1OC(=O)[C@]23CS[I-]C12C1CCC3O1. The van der Waals surface area contributed by atoms with Crippen molar-refractivity contribution in [2.75, 3.05) is 5.75 Å². The summed E-state index contributed by atoms with van der Waals surface area (Å²) in [5.74, 6) is 0.161. The first-order chi connectivity index (χ1) is 7.22. The molecule has 3 unspecified atom stereocenters. The molecule has 2 bridgehead atoms. The van der Waals surface area contributed by atoms with Crippen LogP contribution in [-0.4, -0.2) is 33.3 Å².